The number of anilines is 1. The summed E-state index contributed by atoms with van der Waals surface area (Å²) in [5.41, 5.74) is 6.95. The van der Waals surface area contributed by atoms with Crippen LogP contribution in [0.15, 0.2) is 0 Å². The number of nitrogens with zero attached hydrogens (tertiary/aromatic N) is 4. The summed E-state index contributed by atoms with van der Waals surface area (Å²) in [6.45, 7) is 4.04. The maximum absolute atomic E-state index is 13.5. The van der Waals surface area contributed by atoms with E-state index in [0.29, 0.717) is 0 Å². The van der Waals surface area contributed by atoms with Gasteiger partial charge in [-0.25, -0.2) is 9.37 Å². The Kier molecular flexibility index (Phi) is 3.92. The predicted molar refractivity (Wildman–Crippen MR) is 68.4 cm³/mol. The molecule has 104 valence electrons. The Bertz CT molecular complexity index is 481. The topological polar surface area (TPSA) is 85.0 Å². The maximum atomic E-state index is 13.5. The molecule has 2 atom stereocenters. The predicted octanol–water partition coefficient (Wildman–Crippen LogP) is 0.398. The third-order valence-electron chi connectivity index (χ3n) is 3.33. The minimum absolute atomic E-state index is 0.0872. The van der Waals surface area contributed by atoms with Crippen LogP contribution in [-0.4, -0.2) is 39.8 Å². The van der Waals surface area contributed by atoms with Crippen LogP contribution in [0, 0.1) is 0 Å². The third-order valence-corrected chi connectivity index (χ3v) is 3.33. The van der Waals surface area contributed by atoms with Gasteiger partial charge in [-0.1, -0.05) is 13.8 Å². The molecule has 19 heavy (non-hydrogen) atoms. The molecular formula is C12H18FN5O. The number of carbonyl (C=O) groups is 1. The number of nitrogens with two attached hydrogens (primary N) is 1. The Hall–Kier alpha value is -1.79. The van der Waals surface area contributed by atoms with Gasteiger partial charge in [-0.2, -0.15) is 5.10 Å². The fourth-order valence-corrected chi connectivity index (χ4v) is 2.33. The molecule has 2 heterocycles. The van der Waals surface area contributed by atoms with Crippen molar-refractivity contribution in [2.75, 3.05) is 11.4 Å². The lowest BCUT2D eigenvalue weighted by Crippen LogP contribution is -2.41. The number of carbonyl (C=O) groups excluding carboxylic acids is 1. The molecule has 0 radical (unpaired) electrons. The molecule has 1 aliphatic rings. The first-order chi connectivity index (χ1) is 9.06. The van der Waals surface area contributed by atoms with Crippen LogP contribution in [0.5, 0.6) is 0 Å². The van der Waals surface area contributed by atoms with Gasteiger partial charge < -0.3 is 10.6 Å². The van der Waals surface area contributed by atoms with Crippen LogP contribution < -0.4 is 10.6 Å². The number of rotatable bonds is 4. The second-order valence-corrected chi connectivity index (χ2v) is 4.62. The zero-order valence-corrected chi connectivity index (χ0v) is 11.1. The minimum Gasteiger partial charge on any atom is -0.368 e. The molecule has 2 N–H and O–H groups in total. The normalized spacial score (nSPS) is 22.8. The first-order valence-electron chi connectivity index (χ1n) is 6.49. The summed E-state index contributed by atoms with van der Waals surface area (Å²) < 4.78 is 13.5. The number of primary amides is 1. The summed E-state index contributed by atoms with van der Waals surface area (Å²) in [7, 11) is 0. The first kappa shape index (κ1) is 13.6. The largest absolute Gasteiger partial charge is 0.368 e. The first-order valence-corrected chi connectivity index (χ1v) is 6.49. The van der Waals surface area contributed by atoms with Gasteiger partial charge in [-0.05, 0) is 12.8 Å². The summed E-state index contributed by atoms with van der Waals surface area (Å²) in [6.07, 6.45) is 0.473. The second-order valence-electron chi connectivity index (χ2n) is 4.62. The lowest BCUT2D eigenvalue weighted by atomic mass is 10.2. The van der Waals surface area contributed by atoms with E-state index in [4.69, 9.17) is 5.73 Å². The highest BCUT2D eigenvalue weighted by Crippen LogP contribution is 2.24. The highest BCUT2D eigenvalue weighted by atomic mass is 19.1. The molecule has 1 amide bonds. The SMILES string of the molecule is CCc1nnc(N2C[C@H](F)C[C@H]2C(N)=O)nc1CC. The van der Waals surface area contributed by atoms with Crippen molar-refractivity contribution in [2.45, 2.75) is 45.3 Å². The zero-order valence-electron chi connectivity index (χ0n) is 11.1. The molecule has 1 aliphatic heterocycles. The van der Waals surface area contributed by atoms with Gasteiger partial charge >= 0.3 is 0 Å². The van der Waals surface area contributed by atoms with Gasteiger partial charge in [0.2, 0.25) is 11.9 Å². The van der Waals surface area contributed by atoms with Crippen LogP contribution >= 0.6 is 0 Å². The standard InChI is InChI=1S/C12H18FN5O/c1-3-8-9(4-2)16-17-12(15-8)18-6-7(13)5-10(18)11(14)19/h7,10H,3-6H2,1-2H3,(H2,14,19)/t7-,10+/m1/s1. The Morgan fingerprint density at radius 1 is 1.37 bits per heavy atom. The number of halogens is 1. The molecule has 0 bridgehead atoms. The van der Waals surface area contributed by atoms with Crippen LogP contribution in [0.3, 0.4) is 0 Å². The summed E-state index contributed by atoms with van der Waals surface area (Å²) in [4.78, 5) is 17.2. The Labute approximate surface area is 111 Å². The van der Waals surface area contributed by atoms with Crippen LogP contribution in [-0.2, 0) is 17.6 Å². The van der Waals surface area contributed by atoms with E-state index in [0.717, 1.165) is 24.2 Å². The van der Waals surface area contributed by atoms with E-state index in [1.54, 1.807) is 0 Å². The summed E-state index contributed by atoms with van der Waals surface area (Å²) >= 11 is 0. The smallest absolute Gasteiger partial charge is 0.246 e. The number of hydrogen-bond acceptors (Lipinski definition) is 5. The van der Waals surface area contributed by atoms with Crippen molar-refractivity contribution >= 4 is 11.9 Å². The van der Waals surface area contributed by atoms with Crippen molar-refractivity contribution in [1.82, 2.24) is 15.2 Å². The highest BCUT2D eigenvalue weighted by Gasteiger charge is 2.37. The number of aromatic nitrogens is 3. The van der Waals surface area contributed by atoms with Gasteiger partial charge in [0.1, 0.15) is 12.2 Å². The van der Waals surface area contributed by atoms with Crippen LogP contribution in [0.4, 0.5) is 10.3 Å². The van der Waals surface area contributed by atoms with Crippen LogP contribution in [0.1, 0.15) is 31.7 Å². The lowest BCUT2D eigenvalue weighted by molar-refractivity contribution is -0.119. The highest BCUT2D eigenvalue weighted by molar-refractivity contribution is 5.83. The quantitative estimate of drug-likeness (QED) is 0.853. The molecule has 1 aromatic rings. The second kappa shape index (κ2) is 5.46. The zero-order chi connectivity index (χ0) is 14.0. The van der Waals surface area contributed by atoms with Gasteiger partial charge in [-0.3, -0.25) is 4.79 Å². The Morgan fingerprint density at radius 2 is 2.05 bits per heavy atom. The third kappa shape index (κ3) is 2.64. The van der Waals surface area contributed by atoms with Crippen molar-refractivity contribution in [3.8, 4) is 0 Å². The van der Waals surface area contributed by atoms with Crippen LogP contribution in [0.2, 0.25) is 0 Å². The molecule has 0 unspecified atom stereocenters. The van der Waals surface area contributed by atoms with E-state index in [9.17, 15) is 9.18 Å². The van der Waals surface area contributed by atoms with Crippen molar-refractivity contribution < 1.29 is 9.18 Å². The Balaban J connectivity index is 2.33. The van der Waals surface area contributed by atoms with Crippen molar-refractivity contribution in [1.29, 1.82) is 0 Å². The average Bonchev–Trinajstić information content (AvgIpc) is 2.80. The summed E-state index contributed by atoms with van der Waals surface area (Å²) in [5.74, 6) is -0.264. The molecule has 7 heteroatoms. The number of aryl methyl sites for hydroxylation is 2. The molecule has 0 aromatic carbocycles. The van der Waals surface area contributed by atoms with Gasteiger partial charge in [0.25, 0.3) is 0 Å². The average molecular weight is 267 g/mol. The van der Waals surface area contributed by atoms with Crippen molar-refractivity contribution in [3.63, 3.8) is 0 Å². The van der Waals surface area contributed by atoms with E-state index in [2.05, 4.69) is 15.2 Å². The van der Waals surface area contributed by atoms with E-state index in [-0.39, 0.29) is 18.9 Å². The fourth-order valence-electron chi connectivity index (χ4n) is 2.33. The molecule has 0 aliphatic carbocycles. The molecular weight excluding hydrogens is 249 g/mol. The van der Waals surface area contributed by atoms with E-state index in [1.807, 2.05) is 13.8 Å². The van der Waals surface area contributed by atoms with E-state index >= 15 is 0 Å². The molecule has 1 aromatic heterocycles. The number of hydrogen-bond donors (Lipinski definition) is 1. The number of amides is 1. The number of alkyl halides is 1. The summed E-state index contributed by atoms with van der Waals surface area (Å²) in [5, 5.41) is 8.10. The van der Waals surface area contributed by atoms with Crippen molar-refractivity contribution in [3.05, 3.63) is 11.4 Å². The van der Waals surface area contributed by atoms with Gasteiger partial charge in [0.15, 0.2) is 0 Å². The molecule has 1 saturated heterocycles. The molecule has 0 spiro atoms. The molecule has 2 rings (SSSR count). The monoisotopic (exact) mass is 267 g/mol. The van der Waals surface area contributed by atoms with Gasteiger partial charge in [-0.15, -0.1) is 5.10 Å². The lowest BCUT2D eigenvalue weighted by Gasteiger charge is -2.21. The fraction of sp³-hybridized carbons (Fsp3) is 0.667. The van der Waals surface area contributed by atoms with E-state index < -0.39 is 18.1 Å². The molecule has 1 fully saturated rings. The Morgan fingerprint density at radius 3 is 2.63 bits per heavy atom. The van der Waals surface area contributed by atoms with E-state index in [1.165, 1.54) is 4.90 Å². The molecule has 0 saturated carbocycles. The maximum Gasteiger partial charge on any atom is 0.246 e. The summed E-state index contributed by atoms with van der Waals surface area (Å²) in [6, 6.07) is -0.686. The van der Waals surface area contributed by atoms with Crippen LogP contribution in [0.25, 0.3) is 0 Å². The van der Waals surface area contributed by atoms with Crippen molar-refractivity contribution in [2.24, 2.45) is 5.73 Å². The van der Waals surface area contributed by atoms with Gasteiger partial charge in [0, 0.05) is 6.42 Å². The van der Waals surface area contributed by atoms with Gasteiger partial charge in [0.05, 0.1) is 17.9 Å². The molecule has 6 nitrogen and oxygen atoms in total. The minimum atomic E-state index is -1.09.